The Hall–Kier alpha value is -1.64. The molecule has 2 heterocycles. The van der Waals surface area contributed by atoms with Crippen LogP contribution >= 0.6 is 22.7 Å². The molecule has 0 aliphatic carbocycles. The minimum atomic E-state index is 1.38. The molecule has 0 aliphatic heterocycles. The summed E-state index contributed by atoms with van der Waals surface area (Å²) in [5.74, 6) is 0. The van der Waals surface area contributed by atoms with E-state index in [0.29, 0.717) is 0 Å². The molecular weight excluding hydrogens is 256 g/mol. The van der Waals surface area contributed by atoms with Gasteiger partial charge >= 0.3 is 0 Å². The Morgan fingerprint density at radius 3 is 1.50 bits per heavy atom. The van der Waals surface area contributed by atoms with Crippen molar-refractivity contribution in [2.75, 3.05) is 0 Å². The zero-order valence-electron chi connectivity index (χ0n) is 9.74. The summed E-state index contributed by atoms with van der Waals surface area (Å²) < 4.78 is 2.76. The lowest BCUT2D eigenvalue weighted by Gasteiger charge is -1.88. The first kappa shape index (κ1) is 11.5. The van der Waals surface area contributed by atoms with Crippen LogP contribution in [-0.2, 0) is 0 Å². The first-order valence-corrected chi connectivity index (χ1v) is 7.54. The highest BCUT2D eigenvalue weighted by Crippen LogP contribution is 2.32. The molecule has 2 aromatic heterocycles. The first-order chi connectivity index (χ1) is 8.95. The minimum Gasteiger partial charge on any atom is -0.152 e. The molecule has 0 nitrogen and oxygen atoms in total. The van der Waals surface area contributed by atoms with Gasteiger partial charge in [0.2, 0.25) is 0 Å². The first-order valence-electron chi connectivity index (χ1n) is 5.78. The van der Waals surface area contributed by atoms with Gasteiger partial charge in [0.15, 0.2) is 0 Å². The van der Waals surface area contributed by atoms with Crippen molar-refractivity contribution in [1.82, 2.24) is 0 Å². The van der Waals surface area contributed by atoms with Crippen molar-refractivity contribution in [2.45, 2.75) is 0 Å². The Morgan fingerprint density at radius 2 is 1.06 bits per heavy atom. The van der Waals surface area contributed by atoms with Crippen molar-refractivity contribution >= 4 is 42.8 Å². The third kappa shape index (κ3) is 2.30. The largest absolute Gasteiger partial charge is 0.152 e. The molecule has 0 saturated carbocycles. The van der Waals surface area contributed by atoms with Crippen molar-refractivity contribution in [3.05, 3.63) is 71.4 Å². The zero-order chi connectivity index (χ0) is 12.2. The van der Waals surface area contributed by atoms with E-state index in [1.54, 1.807) is 11.3 Å². The van der Waals surface area contributed by atoms with Gasteiger partial charge in [-0.2, -0.15) is 11.3 Å². The summed E-state index contributed by atoms with van der Waals surface area (Å²) in [5.41, 5.74) is 0. The predicted octanol–water partition coefficient (Wildman–Crippen LogP) is 5.80. The third-order valence-corrected chi connectivity index (χ3v) is 4.49. The summed E-state index contributed by atoms with van der Waals surface area (Å²) in [6.07, 6.45) is 0. The van der Waals surface area contributed by atoms with Gasteiger partial charge in [0.25, 0.3) is 0 Å². The number of fused-ring (bicyclic) bond motifs is 3. The smallest absolute Gasteiger partial charge is 0.0355 e. The number of benzene rings is 2. The fourth-order valence-corrected chi connectivity index (χ4v) is 3.46. The topological polar surface area (TPSA) is 0 Å². The maximum Gasteiger partial charge on any atom is 0.0355 e. The molecule has 4 aromatic rings. The van der Waals surface area contributed by atoms with Crippen molar-refractivity contribution in [3.63, 3.8) is 0 Å². The highest BCUT2D eigenvalue weighted by molar-refractivity contribution is 7.25. The molecule has 0 atom stereocenters. The Bertz CT molecular complexity index is 668. The van der Waals surface area contributed by atoms with E-state index in [0.717, 1.165) is 0 Å². The second-order valence-electron chi connectivity index (χ2n) is 3.89. The lowest BCUT2D eigenvalue weighted by molar-refractivity contribution is 1.84. The summed E-state index contributed by atoms with van der Waals surface area (Å²) in [7, 11) is 0. The van der Waals surface area contributed by atoms with Crippen LogP contribution in [0.4, 0.5) is 0 Å². The average Bonchev–Trinajstić information content (AvgIpc) is 3.10. The fourth-order valence-electron chi connectivity index (χ4n) is 1.90. The van der Waals surface area contributed by atoms with Crippen molar-refractivity contribution in [3.8, 4) is 0 Å². The minimum absolute atomic E-state index is 1.38. The van der Waals surface area contributed by atoms with E-state index in [9.17, 15) is 0 Å². The van der Waals surface area contributed by atoms with Gasteiger partial charge in [-0.15, -0.1) is 11.3 Å². The number of hydrogen-bond acceptors (Lipinski definition) is 2. The van der Waals surface area contributed by atoms with Gasteiger partial charge in [0, 0.05) is 20.2 Å². The number of hydrogen-bond donors (Lipinski definition) is 0. The fraction of sp³-hybridized carbons (Fsp3) is 0. The standard InChI is InChI=1S/C12H8S.C4H4S/c1-3-7-11-9(5-1)10-6-2-4-8-12(10)13-11;1-2-4-5-3-1/h1-8H;1-4H. The Balaban J connectivity index is 0.000000169. The lowest BCUT2D eigenvalue weighted by atomic mass is 10.2. The SMILES string of the molecule is c1ccc2c(c1)sc1ccccc12.c1ccsc1. The highest BCUT2D eigenvalue weighted by atomic mass is 32.1. The van der Waals surface area contributed by atoms with E-state index < -0.39 is 0 Å². The predicted molar refractivity (Wildman–Crippen MR) is 83.7 cm³/mol. The maximum absolute atomic E-state index is 2.19. The van der Waals surface area contributed by atoms with Gasteiger partial charge in [0.05, 0.1) is 0 Å². The molecule has 2 aromatic carbocycles. The second kappa shape index (κ2) is 5.34. The van der Waals surface area contributed by atoms with Crippen LogP contribution in [0.5, 0.6) is 0 Å². The van der Waals surface area contributed by atoms with Crippen LogP contribution < -0.4 is 0 Å². The van der Waals surface area contributed by atoms with Crippen molar-refractivity contribution in [1.29, 1.82) is 0 Å². The second-order valence-corrected chi connectivity index (χ2v) is 5.79. The summed E-state index contributed by atoms with van der Waals surface area (Å²) in [6.45, 7) is 0. The van der Waals surface area contributed by atoms with E-state index in [2.05, 4.69) is 48.5 Å². The molecule has 4 rings (SSSR count). The molecule has 0 unspecified atom stereocenters. The van der Waals surface area contributed by atoms with Gasteiger partial charge in [-0.1, -0.05) is 48.5 Å². The Kier molecular flexibility index (Phi) is 3.40. The molecule has 0 bridgehead atoms. The van der Waals surface area contributed by atoms with E-state index >= 15 is 0 Å². The van der Waals surface area contributed by atoms with E-state index in [4.69, 9.17) is 0 Å². The number of thiophene rings is 2. The Labute approximate surface area is 114 Å². The monoisotopic (exact) mass is 268 g/mol. The van der Waals surface area contributed by atoms with Crippen molar-refractivity contribution < 1.29 is 0 Å². The molecule has 0 fully saturated rings. The van der Waals surface area contributed by atoms with E-state index in [1.807, 2.05) is 34.2 Å². The van der Waals surface area contributed by atoms with Crippen LogP contribution in [0.3, 0.4) is 0 Å². The molecule has 0 amide bonds. The molecule has 0 aliphatic rings. The Morgan fingerprint density at radius 1 is 0.556 bits per heavy atom. The summed E-state index contributed by atoms with van der Waals surface area (Å²) in [4.78, 5) is 0. The van der Waals surface area contributed by atoms with E-state index in [1.165, 1.54) is 20.2 Å². The summed E-state index contributed by atoms with van der Waals surface area (Å²) in [5, 5.41) is 6.84. The third-order valence-electron chi connectivity index (χ3n) is 2.71. The number of rotatable bonds is 0. The van der Waals surface area contributed by atoms with Gasteiger partial charge in [0.1, 0.15) is 0 Å². The molecular formula is C16H12S2. The molecule has 0 spiro atoms. The quantitative estimate of drug-likeness (QED) is 0.378. The summed E-state index contributed by atoms with van der Waals surface area (Å²) in [6, 6.07) is 21.2. The normalized spacial score (nSPS) is 10.2. The van der Waals surface area contributed by atoms with Crippen molar-refractivity contribution in [2.24, 2.45) is 0 Å². The molecule has 18 heavy (non-hydrogen) atoms. The van der Waals surface area contributed by atoms with E-state index in [-0.39, 0.29) is 0 Å². The molecule has 0 N–H and O–H groups in total. The van der Waals surface area contributed by atoms with Gasteiger partial charge in [-0.3, -0.25) is 0 Å². The molecule has 0 saturated heterocycles. The average molecular weight is 268 g/mol. The maximum atomic E-state index is 2.19. The molecule has 88 valence electrons. The molecule has 0 radical (unpaired) electrons. The van der Waals surface area contributed by atoms with Crippen LogP contribution in [-0.4, -0.2) is 0 Å². The van der Waals surface area contributed by atoms with Crippen LogP contribution in [0, 0.1) is 0 Å². The lowest BCUT2D eigenvalue weighted by Crippen LogP contribution is -1.62. The van der Waals surface area contributed by atoms with Crippen LogP contribution in [0.15, 0.2) is 71.4 Å². The van der Waals surface area contributed by atoms with Crippen LogP contribution in [0.25, 0.3) is 20.2 Å². The highest BCUT2D eigenvalue weighted by Gasteiger charge is 2.01. The zero-order valence-corrected chi connectivity index (χ0v) is 11.4. The molecule has 2 heteroatoms. The van der Waals surface area contributed by atoms with Gasteiger partial charge in [-0.05, 0) is 22.9 Å². The van der Waals surface area contributed by atoms with Gasteiger partial charge in [-0.25, -0.2) is 0 Å². The summed E-state index contributed by atoms with van der Waals surface area (Å²) >= 11 is 3.57. The van der Waals surface area contributed by atoms with Crippen LogP contribution in [0.1, 0.15) is 0 Å². The van der Waals surface area contributed by atoms with Crippen LogP contribution in [0.2, 0.25) is 0 Å². The van der Waals surface area contributed by atoms with Gasteiger partial charge < -0.3 is 0 Å².